The minimum absolute atomic E-state index is 0. The van der Waals surface area contributed by atoms with Crippen molar-refractivity contribution in [3.8, 4) is 5.75 Å². The predicted octanol–water partition coefficient (Wildman–Crippen LogP) is 1.20. The molecule has 20 heavy (non-hydrogen) atoms. The maximum atomic E-state index is 12.2. The second-order valence-corrected chi connectivity index (χ2v) is 4.44. The first kappa shape index (κ1) is 16.2. The number of hydrogen-bond acceptors (Lipinski definition) is 5. The van der Waals surface area contributed by atoms with Crippen molar-refractivity contribution in [2.75, 3.05) is 20.2 Å². The second kappa shape index (κ2) is 6.53. The van der Waals surface area contributed by atoms with E-state index in [1.807, 2.05) is 0 Å². The third-order valence-electron chi connectivity index (χ3n) is 3.14. The van der Waals surface area contributed by atoms with Gasteiger partial charge in [-0.25, -0.2) is 0 Å². The van der Waals surface area contributed by atoms with Gasteiger partial charge in [-0.3, -0.25) is 14.9 Å². The molecule has 0 unspecified atom stereocenters. The Morgan fingerprint density at radius 2 is 2.25 bits per heavy atom. The van der Waals surface area contributed by atoms with Gasteiger partial charge in [0.05, 0.1) is 12.0 Å². The highest BCUT2D eigenvalue weighted by molar-refractivity contribution is 5.95. The van der Waals surface area contributed by atoms with E-state index in [9.17, 15) is 14.9 Å². The van der Waals surface area contributed by atoms with Gasteiger partial charge in [-0.2, -0.15) is 0 Å². The molecule has 0 saturated carbocycles. The fourth-order valence-corrected chi connectivity index (χ4v) is 2.12. The molecule has 0 aliphatic carbocycles. The van der Waals surface area contributed by atoms with E-state index in [2.05, 4.69) is 0 Å². The van der Waals surface area contributed by atoms with Gasteiger partial charge in [0, 0.05) is 36.8 Å². The maximum Gasteiger partial charge on any atom is 0.310 e. The van der Waals surface area contributed by atoms with Crippen LogP contribution in [0.3, 0.4) is 0 Å². The smallest absolute Gasteiger partial charge is 0.310 e. The molecule has 1 atom stereocenters. The molecule has 1 aliphatic heterocycles. The van der Waals surface area contributed by atoms with Crippen molar-refractivity contribution in [1.82, 2.24) is 4.90 Å². The maximum absolute atomic E-state index is 12.2. The summed E-state index contributed by atoms with van der Waals surface area (Å²) in [5, 5.41) is 10.8. The first-order valence-corrected chi connectivity index (χ1v) is 5.90. The highest BCUT2D eigenvalue weighted by Crippen LogP contribution is 2.28. The summed E-state index contributed by atoms with van der Waals surface area (Å²) in [6, 6.07) is 4.11. The molecular weight excluding hydrogens is 286 g/mol. The zero-order valence-corrected chi connectivity index (χ0v) is 11.8. The number of nitro benzene ring substituents is 1. The molecule has 0 bridgehead atoms. The van der Waals surface area contributed by atoms with Gasteiger partial charge in [0.1, 0.15) is 0 Å². The standard InChI is InChI=1S/C12H15N3O4.ClH/c1-19-11-6-8(2-3-10(11)15(17)18)12(16)14-5-4-9(13)7-14;/h2-3,6,9H,4-5,7,13H2,1H3;1H/t9-;/m1./s1. The van der Waals surface area contributed by atoms with E-state index >= 15 is 0 Å². The molecule has 7 nitrogen and oxygen atoms in total. The number of hydrogen-bond donors (Lipinski definition) is 1. The SMILES string of the molecule is COc1cc(C(=O)N2CC[C@@H](N)C2)ccc1[N+](=O)[O-].Cl. The van der Waals surface area contributed by atoms with Crippen molar-refractivity contribution in [2.45, 2.75) is 12.5 Å². The summed E-state index contributed by atoms with van der Waals surface area (Å²) in [7, 11) is 1.34. The lowest BCUT2D eigenvalue weighted by Gasteiger charge is -2.16. The first-order valence-electron chi connectivity index (χ1n) is 5.90. The van der Waals surface area contributed by atoms with Crippen LogP contribution in [-0.2, 0) is 0 Å². The summed E-state index contributed by atoms with van der Waals surface area (Å²) in [5.74, 6) is -0.0968. The minimum atomic E-state index is -0.543. The second-order valence-electron chi connectivity index (χ2n) is 4.44. The van der Waals surface area contributed by atoms with Crippen molar-refractivity contribution in [3.05, 3.63) is 33.9 Å². The van der Waals surface area contributed by atoms with Gasteiger partial charge in [-0.1, -0.05) is 0 Å². The van der Waals surface area contributed by atoms with E-state index in [0.29, 0.717) is 18.7 Å². The Morgan fingerprint density at radius 3 is 2.75 bits per heavy atom. The lowest BCUT2D eigenvalue weighted by atomic mass is 10.1. The average Bonchev–Trinajstić information content (AvgIpc) is 2.83. The largest absolute Gasteiger partial charge is 0.490 e. The predicted molar refractivity (Wildman–Crippen MR) is 75.4 cm³/mol. The number of nitrogens with zero attached hydrogens (tertiary/aromatic N) is 2. The van der Waals surface area contributed by atoms with Crippen molar-refractivity contribution < 1.29 is 14.5 Å². The molecule has 2 rings (SSSR count). The Hall–Kier alpha value is -1.86. The molecule has 110 valence electrons. The summed E-state index contributed by atoms with van der Waals surface area (Å²) in [6.07, 6.45) is 0.774. The fourth-order valence-electron chi connectivity index (χ4n) is 2.12. The molecule has 1 aromatic rings. The number of halogens is 1. The lowest BCUT2D eigenvalue weighted by molar-refractivity contribution is -0.385. The molecule has 0 spiro atoms. The number of nitro groups is 1. The van der Waals surface area contributed by atoms with Crippen molar-refractivity contribution in [1.29, 1.82) is 0 Å². The molecule has 0 radical (unpaired) electrons. The third-order valence-corrected chi connectivity index (χ3v) is 3.14. The van der Waals surface area contributed by atoms with Crippen LogP contribution in [0.2, 0.25) is 0 Å². The molecule has 1 amide bonds. The quantitative estimate of drug-likeness (QED) is 0.668. The zero-order chi connectivity index (χ0) is 14.0. The van der Waals surface area contributed by atoms with E-state index in [0.717, 1.165) is 6.42 Å². The number of benzene rings is 1. The highest BCUT2D eigenvalue weighted by Gasteiger charge is 2.26. The molecule has 1 aliphatic rings. The monoisotopic (exact) mass is 301 g/mol. The van der Waals surface area contributed by atoms with E-state index in [1.54, 1.807) is 4.90 Å². The Labute approximate surface area is 122 Å². The van der Waals surface area contributed by atoms with Crippen LogP contribution in [0.1, 0.15) is 16.8 Å². The molecule has 1 fully saturated rings. The topological polar surface area (TPSA) is 98.7 Å². The minimum Gasteiger partial charge on any atom is -0.490 e. The van der Waals surface area contributed by atoms with Crippen LogP contribution in [0, 0.1) is 10.1 Å². The number of amides is 1. The summed E-state index contributed by atoms with van der Waals surface area (Å²) in [6.45, 7) is 1.12. The van der Waals surface area contributed by atoms with Gasteiger partial charge in [0.15, 0.2) is 5.75 Å². The van der Waals surface area contributed by atoms with E-state index < -0.39 is 4.92 Å². The normalized spacial score (nSPS) is 17.5. The number of carbonyl (C=O) groups excluding carboxylic acids is 1. The Kier molecular flexibility index (Phi) is 5.29. The Morgan fingerprint density at radius 1 is 1.55 bits per heavy atom. The molecule has 1 saturated heterocycles. The van der Waals surface area contributed by atoms with Crippen molar-refractivity contribution >= 4 is 24.0 Å². The van der Waals surface area contributed by atoms with Crippen LogP contribution in [0.4, 0.5) is 5.69 Å². The summed E-state index contributed by atoms with van der Waals surface area (Å²) >= 11 is 0. The van der Waals surface area contributed by atoms with Gasteiger partial charge in [-0.05, 0) is 12.5 Å². The van der Waals surface area contributed by atoms with Gasteiger partial charge in [0.2, 0.25) is 0 Å². The third kappa shape index (κ3) is 3.17. The Balaban J connectivity index is 0.00000200. The van der Waals surface area contributed by atoms with Crippen LogP contribution in [-0.4, -0.2) is 42.0 Å². The summed E-state index contributed by atoms with van der Waals surface area (Å²) < 4.78 is 4.94. The lowest BCUT2D eigenvalue weighted by Crippen LogP contribution is -2.31. The van der Waals surface area contributed by atoms with E-state index in [-0.39, 0.29) is 35.8 Å². The zero-order valence-electron chi connectivity index (χ0n) is 10.9. The van der Waals surface area contributed by atoms with Crippen LogP contribution in [0.5, 0.6) is 5.75 Å². The number of nitrogens with two attached hydrogens (primary N) is 1. The van der Waals surface area contributed by atoms with Gasteiger partial charge >= 0.3 is 5.69 Å². The molecule has 8 heteroatoms. The molecule has 2 N–H and O–H groups in total. The number of carbonyl (C=O) groups is 1. The highest BCUT2D eigenvalue weighted by atomic mass is 35.5. The Bertz CT molecular complexity index is 523. The van der Waals surface area contributed by atoms with Crippen LogP contribution in [0.15, 0.2) is 18.2 Å². The average molecular weight is 302 g/mol. The molecule has 0 aromatic heterocycles. The number of methoxy groups -OCH3 is 1. The number of ether oxygens (including phenoxy) is 1. The van der Waals surface area contributed by atoms with Gasteiger partial charge < -0.3 is 15.4 Å². The van der Waals surface area contributed by atoms with E-state index in [4.69, 9.17) is 10.5 Å². The van der Waals surface area contributed by atoms with Crippen LogP contribution >= 0.6 is 12.4 Å². The number of rotatable bonds is 3. The summed E-state index contributed by atoms with van der Waals surface area (Å²) in [4.78, 5) is 24.1. The van der Waals surface area contributed by atoms with Crippen LogP contribution < -0.4 is 10.5 Å². The van der Waals surface area contributed by atoms with Crippen molar-refractivity contribution in [2.24, 2.45) is 5.73 Å². The molecule has 1 heterocycles. The van der Waals surface area contributed by atoms with Gasteiger partial charge in [0.25, 0.3) is 5.91 Å². The van der Waals surface area contributed by atoms with E-state index in [1.165, 1.54) is 25.3 Å². The van der Waals surface area contributed by atoms with Crippen molar-refractivity contribution in [3.63, 3.8) is 0 Å². The molecule has 1 aromatic carbocycles. The summed E-state index contributed by atoms with van der Waals surface area (Å²) in [5.41, 5.74) is 5.97. The van der Waals surface area contributed by atoms with Gasteiger partial charge in [-0.15, -0.1) is 12.4 Å². The molecular formula is C12H16ClN3O4. The number of likely N-dealkylation sites (tertiary alicyclic amines) is 1. The fraction of sp³-hybridized carbons (Fsp3) is 0.417. The van der Waals surface area contributed by atoms with Crippen LogP contribution in [0.25, 0.3) is 0 Å². The first-order chi connectivity index (χ1) is 9.02.